The van der Waals surface area contributed by atoms with Crippen molar-refractivity contribution in [3.8, 4) is 5.75 Å². The van der Waals surface area contributed by atoms with Gasteiger partial charge in [0.15, 0.2) is 0 Å². The summed E-state index contributed by atoms with van der Waals surface area (Å²) in [4.78, 5) is 24.0. The highest BCUT2D eigenvalue weighted by Crippen LogP contribution is 2.25. The molecule has 0 unspecified atom stereocenters. The van der Waals surface area contributed by atoms with Crippen LogP contribution in [0, 0.1) is 13.8 Å². The van der Waals surface area contributed by atoms with Crippen molar-refractivity contribution in [2.75, 3.05) is 12.4 Å². The highest BCUT2D eigenvalue weighted by atomic mass is 16.5. The van der Waals surface area contributed by atoms with Gasteiger partial charge >= 0.3 is 0 Å². The number of carbonyl (C=O) groups excluding carboxylic acids is 1. The summed E-state index contributed by atoms with van der Waals surface area (Å²) in [5.74, 6) is 0.317. The highest BCUT2D eigenvalue weighted by Gasteiger charge is 2.09. The van der Waals surface area contributed by atoms with Gasteiger partial charge in [-0.25, -0.2) is 0 Å². The lowest BCUT2D eigenvalue weighted by Crippen LogP contribution is -2.28. The Labute approximate surface area is 123 Å². The number of anilines is 1. The fraction of sp³-hybridized carbons (Fsp3) is 0.250. The van der Waals surface area contributed by atoms with Crippen molar-refractivity contribution < 1.29 is 9.53 Å². The maximum absolute atomic E-state index is 12.1. The van der Waals surface area contributed by atoms with Crippen molar-refractivity contribution in [1.82, 2.24) is 4.57 Å². The van der Waals surface area contributed by atoms with Crippen LogP contribution in [0.15, 0.2) is 41.3 Å². The number of hydrogen-bond acceptors (Lipinski definition) is 3. The maximum Gasteiger partial charge on any atom is 0.253 e. The molecule has 2 aromatic rings. The first-order chi connectivity index (χ1) is 10.0. The van der Waals surface area contributed by atoms with Crippen molar-refractivity contribution in [3.63, 3.8) is 0 Å². The van der Waals surface area contributed by atoms with Crippen LogP contribution in [0.25, 0.3) is 0 Å². The van der Waals surface area contributed by atoms with Gasteiger partial charge in [0.2, 0.25) is 5.91 Å². The topological polar surface area (TPSA) is 60.3 Å². The van der Waals surface area contributed by atoms with E-state index in [0.29, 0.717) is 17.0 Å². The Kier molecular flexibility index (Phi) is 4.42. The SMILES string of the molecule is COc1ccc(C)cc1NC(=O)Cn1cccc(C)c1=O. The third-order valence-electron chi connectivity index (χ3n) is 3.15. The van der Waals surface area contributed by atoms with Gasteiger partial charge in [-0.1, -0.05) is 12.1 Å². The van der Waals surface area contributed by atoms with Gasteiger partial charge in [-0.2, -0.15) is 0 Å². The molecule has 0 aliphatic rings. The molecule has 1 heterocycles. The number of ether oxygens (including phenoxy) is 1. The molecule has 0 fully saturated rings. The second kappa shape index (κ2) is 6.26. The molecule has 5 nitrogen and oxygen atoms in total. The number of aryl methyl sites for hydroxylation is 2. The number of benzene rings is 1. The Morgan fingerprint density at radius 3 is 2.76 bits per heavy atom. The van der Waals surface area contributed by atoms with E-state index in [1.165, 1.54) is 4.57 Å². The zero-order chi connectivity index (χ0) is 15.4. The first-order valence-electron chi connectivity index (χ1n) is 6.62. The molecule has 1 aromatic heterocycles. The highest BCUT2D eigenvalue weighted by molar-refractivity contribution is 5.92. The smallest absolute Gasteiger partial charge is 0.253 e. The Bertz CT molecular complexity index is 720. The molecule has 0 saturated heterocycles. The molecule has 0 spiro atoms. The van der Waals surface area contributed by atoms with E-state index in [1.807, 2.05) is 19.1 Å². The van der Waals surface area contributed by atoms with Crippen LogP contribution in [0.3, 0.4) is 0 Å². The Balaban J connectivity index is 2.17. The average molecular weight is 286 g/mol. The summed E-state index contributed by atoms with van der Waals surface area (Å²) >= 11 is 0. The van der Waals surface area contributed by atoms with Crippen LogP contribution in [0.5, 0.6) is 5.75 Å². The van der Waals surface area contributed by atoms with Gasteiger partial charge in [0.25, 0.3) is 5.56 Å². The van der Waals surface area contributed by atoms with Crippen LogP contribution < -0.4 is 15.6 Å². The summed E-state index contributed by atoms with van der Waals surface area (Å²) in [5.41, 5.74) is 2.06. The van der Waals surface area contributed by atoms with Crippen LogP contribution in [0.4, 0.5) is 5.69 Å². The predicted molar refractivity (Wildman–Crippen MR) is 81.8 cm³/mol. The number of methoxy groups -OCH3 is 1. The van der Waals surface area contributed by atoms with Crippen LogP contribution >= 0.6 is 0 Å². The van der Waals surface area contributed by atoms with E-state index in [9.17, 15) is 9.59 Å². The van der Waals surface area contributed by atoms with Crippen LogP contribution in [-0.4, -0.2) is 17.6 Å². The van der Waals surface area contributed by atoms with E-state index in [0.717, 1.165) is 5.56 Å². The second-order valence-electron chi connectivity index (χ2n) is 4.88. The van der Waals surface area contributed by atoms with Gasteiger partial charge in [0, 0.05) is 11.8 Å². The zero-order valence-corrected chi connectivity index (χ0v) is 12.3. The minimum atomic E-state index is -0.272. The molecule has 1 aromatic carbocycles. The Morgan fingerprint density at radius 1 is 1.29 bits per heavy atom. The molecule has 0 saturated carbocycles. The lowest BCUT2D eigenvalue weighted by atomic mass is 10.2. The van der Waals surface area contributed by atoms with Gasteiger partial charge in [-0.05, 0) is 37.6 Å². The molecular weight excluding hydrogens is 268 g/mol. The molecule has 1 amide bonds. The van der Waals surface area contributed by atoms with Crippen LogP contribution in [0.1, 0.15) is 11.1 Å². The Hall–Kier alpha value is -2.56. The Morgan fingerprint density at radius 2 is 2.05 bits per heavy atom. The number of pyridine rings is 1. The zero-order valence-electron chi connectivity index (χ0n) is 12.3. The summed E-state index contributed by atoms with van der Waals surface area (Å²) < 4.78 is 6.59. The summed E-state index contributed by atoms with van der Waals surface area (Å²) in [6.07, 6.45) is 1.60. The monoisotopic (exact) mass is 286 g/mol. The normalized spacial score (nSPS) is 10.2. The van der Waals surface area contributed by atoms with Crippen molar-refractivity contribution in [2.45, 2.75) is 20.4 Å². The number of nitrogens with one attached hydrogen (secondary N) is 1. The number of rotatable bonds is 4. The maximum atomic E-state index is 12.1. The lowest BCUT2D eigenvalue weighted by Gasteiger charge is -2.12. The molecule has 2 rings (SSSR count). The summed E-state index contributed by atoms with van der Waals surface area (Å²) in [6, 6.07) is 9.00. The van der Waals surface area contributed by atoms with E-state index in [2.05, 4.69) is 5.32 Å². The predicted octanol–water partition coefficient (Wildman–Crippen LogP) is 2.11. The van der Waals surface area contributed by atoms with Crippen molar-refractivity contribution in [3.05, 3.63) is 58.0 Å². The molecule has 0 aliphatic carbocycles. The lowest BCUT2D eigenvalue weighted by molar-refractivity contribution is -0.116. The van der Waals surface area contributed by atoms with E-state index in [-0.39, 0.29) is 18.0 Å². The molecule has 0 bridgehead atoms. The van der Waals surface area contributed by atoms with Crippen LogP contribution in [-0.2, 0) is 11.3 Å². The van der Waals surface area contributed by atoms with Crippen molar-refractivity contribution in [1.29, 1.82) is 0 Å². The second-order valence-corrected chi connectivity index (χ2v) is 4.88. The molecule has 0 radical (unpaired) electrons. The number of hydrogen-bond donors (Lipinski definition) is 1. The largest absolute Gasteiger partial charge is 0.495 e. The van der Waals surface area contributed by atoms with E-state index < -0.39 is 0 Å². The molecular formula is C16H18N2O3. The van der Waals surface area contributed by atoms with Gasteiger partial charge in [-0.15, -0.1) is 0 Å². The summed E-state index contributed by atoms with van der Waals surface area (Å²) in [6.45, 7) is 3.62. The fourth-order valence-electron chi connectivity index (χ4n) is 2.05. The minimum absolute atomic E-state index is 0.0301. The summed E-state index contributed by atoms with van der Waals surface area (Å²) in [5, 5.41) is 2.77. The van der Waals surface area contributed by atoms with Crippen LogP contribution in [0.2, 0.25) is 0 Å². The van der Waals surface area contributed by atoms with E-state index >= 15 is 0 Å². The number of aromatic nitrogens is 1. The van der Waals surface area contributed by atoms with E-state index in [1.54, 1.807) is 38.4 Å². The fourth-order valence-corrected chi connectivity index (χ4v) is 2.05. The number of nitrogens with zero attached hydrogens (tertiary/aromatic N) is 1. The third-order valence-corrected chi connectivity index (χ3v) is 3.15. The molecule has 0 atom stereocenters. The van der Waals surface area contributed by atoms with Crippen molar-refractivity contribution >= 4 is 11.6 Å². The van der Waals surface area contributed by atoms with Gasteiger partial charge < -0.3 is 14.6 Å². The molecule has 5 heteroatoms. The number of amides is 1. The third kappa shape index (κ3) is 3.51. The minimum Gasteiger partial charge on any atom is -0.495 e. The molecule has 1 N–H and O–H groups in total. The van der Waals surface area contributed by atoms with Gasteiger partial charge in [0.05, 0.1) is 12.8 Å². The van der Waals surface area contributed by atoms with Crippen molar-refractivity contribution in [2.24, 2.45) is 0 Å². The quantitative estimate of drug-likeness (QED) is 0.936. The van der Waals surface area contributed by atoms with Gasteiger partial charge in [-0.3, -0.25) is 9.59 Å². The molecule has 21 heavy (non-hydrogen) atoms. The molecule has 110 valence electrons. The van der Waals surface area contributed by atoms with Gasteiger partial charge in [0.1, 0.15) is 12.3 Å². The van der Waals surface area contributed by atoms with E-state index in [4.69, 9.17) is 4.74 Å². The first kappa shape index (κ1) is 14.8. The summed E-state index contributed by atoms with van der Waals surface area (Å²) in [7, 11) is 1.55. The first-order valence-corrected chi connectivity index (χ1v) is 6.62. The average Bonchev–Trinajstić information content (AvgIpc) is 2.44. The standard InChI is InChI=1S/C16H18N2O3/c1-11-6-7-14(21-3)13(9-11)17-15(19)10-18-8-4-5-12(2)16(18)20/h4-9H,10H2,1-3H3,(H,17,19). The number of carbonyl (C=O) groups is 1. The molecule has 0 aliphatic heterocycles.